The summed E-state index contributed by atoms with van der Waals surface area (Å²) in [7, 11) is 0. The average molecular weight is 314 g/mol. The van der Waals surface area contributed by atoms with Crippen molar-refractivity contribution in [2.24, 2.45) is 5.92 Å². The van der Waals surface area contributed by atoms with E-state index in [-0.39, 0.29) is 18.4 Å². The number of aliphatic hydroxyl groups excluding tert-OH is 1. The Morgan fingerprint density at radius 3 is 2.70 bits per heavy atom. The summed E-state index contributed by atoms with van der Waals surface area (Å²) >= 11 is 11.8. The lowest BCUT2D eigenvalue weighted by Crippen LogP contribution is -2.40. The molecule has 20 heavy (non-hydrogen) atoms. The molecule has 1 aliphatic rings. The van der Waals surface area contributed by atoms with Gasteiger partial charge in [-0.05, 0) is 48.6 Å². The normalized spacial score (nSPS) is 19.6. The van der Waals surface area contributed by atoms with Crippen LogP contribution in [0.5, 0.6) is 0 Å². The first-order chi connectivity index (χ1) is 9.58. The van der Waals surface area contributed by atoms with E-state index in [1.807, 2.05) is 0 Å². The number of nitrogens with zero attached hydrogens (tertiary/aromatic N) is 1. The molecular formula is C15H17Cl2NO2. The third-order valence-corrected chi connectivity index (χ3v) is 3.83. The minimum Gasteiger partial charge on any atom is -0.396 e. The molecule has 0 aliphatic carbocycles. The van der Waals surface area contributed by atoms with Gasteiger partial charge in [0.2, 0.25) is 5.91 Å². The highest BCUT2D eigenvalue weighted by Crippen LogP contribution is 2.20. The van der Waals surface area contributed by atoms with Crippen LogP contribution in [0.4, 0.5) is 0 Å². The van der Waals surface area contributed by atoms with E-state index in [9.17, 15) is 9.90 Å². The lowest BCUT2D eigenvalue weighted by molar-refractivity contribution is -0.127. The molecule has 1 fully saturated rings. The Kier molecular flexibility index (Phi) is 5.46. The summed E-state index contributed by atoms with van der Waals surface area (Å²) in [6.07, 6.45) is 5.16. The quantitative estimate of drug-likeness (QED) is 0.870. The molecule has 0 aromatic heterocycles. The van der Waals surface area contributed by atoms with Crippen LogP contribution >= 0.6 is 23.2 Å². The lowest BCUT2D eigenvalue weighted by atomic mass is 9.99. The summed E-state index contributed by atoms with van der Waals surface area (Å²) in [5.41, 5.74) is 0.798. The summed E-state index contributed by atoms with van der Waals surface area (Å²) in [5.74, 6) is 0.154. The van der Waals surface area contributed by atoms with Crippen LogP contribution in [-0.4, -0.2) is 35.6 Å². The predicted molar refractivity (Wildman–Crippen MR) is 81.9 cm³/mol. The number of carbonyl (C=O) groups is 1. The van der Waals surface area contributed by atoms with E-state index in [4.69, 9.17) is 23.2 Å². The maximum atomic E-state index is 12.1. The molecule has 1 unspecified atom stereocenters. The Morgan fingerprint density at radius 2 is 2.05 bits per heavy atom. The van der Waals surface area contributed by atoms with Crippen molar-refractivity contribution >= 4 is 35.2 Å². The molecule has 1 atom stereocenters. The van der Waals surface area contributed by atoms with E-state index in [1.54, 1.807) is 29.2 Å². The molecule has 1 aromatic carbocycles. The van der Waals surface area contributed by atoms with Crippen molar-refractivity contribution in [2.75, 3.05) is 19.7 Å². The molecule has 1 saturated heterocycles. The van der Waals surface area contributed by atoms with Gasteiger partial charge in [0.25, 0.3) is 0 Å². The maximum Gasteiger partial charge on any atom is 0.246 e. The van der Waals surface area contributed by atoms with Crippen molar-refractivity contribution in [3.8, 4) is 0 Å². The minimum atomic E-state index is -0.0424. The van der Waals surface area contributed by atoms with Gasteiger partial charge in [0.15, 0.2) is 0 Å². The van der Waals surface area contributed by atoms with Crippen LogP contribution in [0.2, 0.25) is 10.0 Å². The first-order valence-corrected chi connectivity index (χ1v) is 7.38. The molecule has 1 aromatic rings. The van der Waals surface area contributed by atoms with Gasteiger partial charge in [-0.3, -0.25) is 4.79 Å². The summed E-state index contributed by atoms with van der Waals surface area (Å²) in [5, 5.41) is 10.3. The Bertz CT molecular complexity index is 496. The molecule has 1 aliphatic heterocycles. The summed E-state index contributed by atoms with van der Waals surface area (Å²) < 4.78 is 0. The van der Waals surface area contributed by atoms with E-state index in [0.29, 0.717) is 16.6 Å². The number of hydrogen-bond donors (Lipinski definition) is 1. The van der Waals surface area contributed by atoms with Gasteiger partial charge in [0, 0.05) is 35.8 Å². The Morgan fingerprint density at radius 1 is 1.35 bits per heavy atom. The highest BCUT2D eigenvalue weighted by Gasteiger charge is 2.21. The molecule has 2 rings (SSSR count). The van der Waals surface area contributed by atoms with Crippen LogP contribution < -0.4 is 0 Å². The second kappa shape index (κ2) is 7.11. The number of halogens is 2. The fourth-order valence-electron chi connectivity index (χ4n) is 2.36. The topological polar surface area (TPSA) is 40.5 Å². The number of carbonyl (C=O) groups excluding carboxylic acids is 1. The van der Waals surface area contributed by atoms with Gasteiger partial charge in [-0.2, -0.15) is 0 Å². The predicted octanol–water partition coefficient (Wildman–Crippen LogP) is 3.24. The third-order valence-electron chi connectivity index (χ3n) is 3.39. The van der Waals surface area contributed by atoms with Crippen LogP contribution in [0.25, 0.3) is 6.08 Å². The van der Waals surface area contributed by atoms with Gasteiger partial charge >= 0.3 is 0 Å². The van der Waals surface area contributed by atoms with Crippen LogP contribution in [0, 0.1) is 5.92 Å². The minimum absolute atomic E-state index is 0.0424. The number of rotatable bonds is 3. The smallest absolute Gasteiger partial charge is 0.246 e. The van der Waals surface area contributed by atoms with Crippen LogP contribution in [-0.2, 0) is 4.79 Å². The average Bonchev–Trinajstić information content (AvgIpc) is 2.44. The van der Waals surface area contributed by atoms with E-state index >= 15 is 0 Å². The van der Waals surface area contributed by atoms with Gasteiger partial charge in [0.05, 0.1) is 0 Å². The van der Waals surface area contributed by atoms with Crippen LogP contribution in [0.3, 0.4) is 0 Å². The Balaban J connectivity index is 2.01. The summed E-state index contributed by atoms with van der Waals surface area (Å²) in [6, 6.07) is 5.16. The van der Waals surface area contributed by atoms with Gasteiger partial charge < -0.3 is 10.0 Å². The van der Waals surface area contributed by atoms with E-state index in [2.05, 4.69) is 0 Å². The molecule has 5 heteroatoms. The molecule has 1 amide bonds. The zero-order chi connectivity index (χ0) is 14.5. The highest BCUT2D eigenvalue weighted by molar-refractivity contribution is 6.34. The van der Waals surface area contributed by atoms with Crippen molar-refractivity contribution < 1.29 is 9.90 Å². The molecule has 0 radical (unpaired) electrons. The van der Waals surface area contributed by atoms with Gasteiger partial charge in [-0.1, -0.05) is 23.2 Å². The highest BCUT2D eigenvalue weighted by atomic mass is 35.5. The van der Waals surface area contributed by atoms with Gasteiger partial charge in [0.1, 0.15) is 0 Å². The maximum absolute atomic E-state index is 12.1. The standard InChI is InChI=1S/C15H17Cl2NO2/c16-13-6-11(7-14(17)8-13)3-4-15(20)18-5-1-2-12(9-18)10-19/h3-4,6-8,12,19H,1-2,5,9-10H2/b4-3+. The van der Waals surface area contributed by atoms with Crippen molar-refractivity contribution in [1.29, 1.82) is 0 Å². The third kappa shape index (κ3) is 4.23. The first kappa shape index (κ1) is 15.4. The fourth-order valence-corrected chi connectivity index (χ4v) is 2.90. The first-order valence-electron chi connectivity index (χ1n) is 6.62. The second-order valence-electron chi connectivity index (χ2n) is 5.01. The van der Waals surface area contributed by atoms with Crippen molar-refractivity contribution in [3.63, 3.8) is 0 Å². The molecule has 0 spiro atoms. The van der Waals surface area contributed by atoms with Crippen molar-refractivity contribution in [1.82, 2.24) is 4.90 Å². The second-order valence-corrected chi connectivity index (χ2v) is 5.88. The molecule has 1 heterocycles. The number of amides is 1. The van der Waals surface area contributed by atoms with Crippen molar-refractivity contribution in [3.05, 3.63) is 39.9 Å². The fraction of sp³-hybridized carbons (Fsp3) is 0.400. The van der Waals surface area contributed by atoms with Crippen LogP contribution in [0.15, 0.2) is 24.3 Å². The SMILES string of the molecule is O=C(/C=C/c1cc(Cl)cc(Cl)c1)N1CCCC(CO)C1. The molecule has 3 nitrogen and oxygen atoms in total. The van der Waals surface area contributed by atoms with Crippen molar-refractivity contribution in [2.45, 2.75) is 12.8 Å². The molecule has 1 N–H and O–H groups in total. The molecule has 0 saturated carbocycles. The largest absolute Gasteiger partial charge is 0.396 e. The Hall–Kier alpha value is -1.03. The Labute approximate surface area is 128 Å². The number of benzene rings is 1. The molecule has 0 bridgehead atoms. The van der Waals surface area contributed by atoms with E-state index in [1.165, 1.54) is 6.08 Å². The van der Waals surface area contributed by atoms with Crippen LogP contribution in [0.1, 0.15) is 18.4 Å². The lowest BCUT2D eigenvalue weighted by Gasteiger charge is -2.31. The summed E-state index contributed by atoms with van der Waals surface area (Å²) in [6.45, 7) is 1.50. The number of piperidine rings is 1. The molecule has 108 valence electrons. The zero-order valence-electron chi connectivity index (χ0n) is 11.1. The van der Waals surface area contributed by atoms with E-state index < -0.39 is 0 Å². The zero-order valence-corrected chi connectivity index (χ0v) is 12.6. The van der Waals surface area contributed by atoms with Gasteiger partial charge in [-0.15, -0.1) is 0 Å². The van der Waals surface area contributed by atoms with E-state index in [0.717, 1.165) is 24.9 Å². The monoisotopic (exact) mass is 313 g/mol. The summed E-state index contributed by atoms with van der Waals surface area (Å²) in [4.78, 5) is 13.9. The van der Waals surface area contributed by atoms with Gasteiger partial charge in [-0.25, -0.2) is 0 Å². The molecular weight excluding hydrogens is 297 g/mol. The number of likely N-dealkylation sites (tertiary alicyclic amines) is 1. The number of aliphatic hydroxyl groups is 1. The number of hydrogen-bond acceptors (Lipinski definition) is 2.